The molecule has 4 nitrogen and oxygen atoms in total. The Balaban J connectivity index is 1.80. The molecule has 2 aromatic rings. The third-order valence-electron chi connectivity index (χ3n) is 4.33. The summed E-state index contributed by atoms with van der Waals surface area (Å²) >= 11 is 0. The van der Waals surface area contributed by atoms with Gasteiger partial charge in [0.1, 0.15) is 0 Å². The largest absolute Gasteiger partial charge is 0.463 e. The number of fused-ring (bicyclic) bond motifs is 1. The number of carbonyl (C=O) groups is 1. The molecule has 0 aliphatic carbocycles. The lowest BCUT2D eigenvalue weighted by molar-refractivity contribution is -0.169. The lowest BCUT2D eigenvalue weighted by atomic mass is 9.91. The predicted octanol–water partition coefficient (Wildman–Crippen LogP) is 3.87. The molecule has 0 fully saturated rings. The van der Waals surface area contributed by atoms with Gasteiger partial charge in [-0.25, -0.2) is 4.79 Å². The molecular formula is C19H21NO3. The van der Waals surface area contributed by atoms with Crippen LogP contribution in [0.25, 0.3) is 10.8 Å². The zero-order chi connectivity index (χ0) is 16.3. The highest BCUT2D eigenvalue weighted by Gasteiger charge is 2.46. The molecule has 0 radical (unpaired) electrons. The lowest BCUT2D eigenvalue weighted by Gasteiger charge is -2.22. The standard InChI is InChI=1S/C19H21NO3/c1-3-19(18(21)22-4-2)13-16(20-23-19)12-15-10-7-9-14-8-5-6-11-17(14)15/h5-11H,3-4,12-13H2,1-2H3. The fourth-order valence-electron chi connectivity index (χ4n) is 3.01. The van der Waals surface area contributed by atoms with Crippen LogP contribution in [0, 0.1) is 0 Å². The van der Waals surface area contributed by atoms with Crippen LogP contribution in [0.15, 0.2) is 47.6 Å². The van der Waals surface area contributed by atoms with Crippen LogP contribution in [0.3, 0.4) is 0 Å². The van der Waals surface area contributed by atoms with Gasteiger partial charge >= 0.3 is 5.97 Å². The Hall–Kier alpha value is -2.36. The van der Waals surface area contributed by atoms with Gasteiger partial charge in [-0.1, -0.05) is 54.5 Å². The molecule has 0 saturated carbocycles. The van der Waals surface area contributed by atoms with Crippen molar-refractivity contribution in [3.05, 3.63) is 48.0 Å². The average molecular weight is 311 g/mol. The molecule has 23 heavy (non-hydrogen) atoms. The Labute approximate surface area is 136 Å². The van der Waals surface area contributed by atoms with Crippen LogP contribution < -0.4 is 0 Å². The van der Waals surface area contributed by atoms with Crippen LogP contribution in [0.2, 0.25) is 0 Å². The summed E-state index contributed by atoms with van der Waals surface area (Å²) < 4.78 is 5.15. The van der Waals surface area contributed by atoms with Crippen molar-refractivity contribution in [3.63, 3.8) is 0 Å². The summed E-state index contributed by atoms with van der Waals surface area (Å²) in [7, 11) is 0. The number of rotatable bonds is 5. The summed E-state index contributed by atoms with van der Waals surface area (Å²) in [4.78, 5) is 17.7. The van der Waals surface area contributed by atoms with E-state index in [1.54, 1.807) is 6.92 Å². The SMILES string of the molecule is CCOC(=O)C1(CC)CC(Cc2cccc3ccccc23)=NO1. The van der Waals surface area contributed by atoms with Crippen LogP contribution in [0.1, 0.15) is 32.3 Å². The quantitative estimate of drug-likeness (QED) is 0.788. The van der Waals surface area contributed by atoms with Gasteiger partial charge in [0.15, 0.2) is 0 Å². The third kappa shape index (κ3) is 2.93. The highest BCUT2D eigenvalue weighted by Crippen LogP contribution is 2.31. The van der Waals surface area contributed by atoms with E-state index in [1.165, 1.54) is 16.3 Å². The van der Waals surface area contributed by atoms with E-state index in [0.717, 1.165) is 5.71 Å². The molecule has 2 aromatic carbocycles. The van der Waals surface area contributed by atoms with Gasteiger partial charge in [0.05, 0.1) is 12.3 Å². The van der Waals surface area contributed by atoms with Crippen molar-refractivity contribution in [2.75, 3.05) is 6.61 Å². The number of hydrogen-bond acceptors (Lipinski definition) is 4. The van der Waals surface area contributed by atoms with Gasteiger partial charge in [-0.3, -0.25) is 0 Å². The molecule has 4 heteroatoms. The van der Waals surface area contributed by atoms with Gasteiger partial charge in [-0.05, 0) is 29.7 Å². The van der Waals surface area contributed by atoms with E-state index in [-0.39, 0.29) is 5.97 Å². The first-order chi connectivity index (χ1) is 11.2. The average Bonchev–Trinajstić information content (AvgIpc) is 3.00. The summed E-state index contributed by atoms with van der Waals surface area (Å²) in [6.45, 7) is 4.07. The Morgan fingerprint density at radius 1 is 1.22 bits per heavy atom. The van der Waals surface area contributed by atoms with Crippen molar-refractivity contribution < 1.29 is 14.4 Å². The van der Waals surface area contributed by atoms with Crippen LogP contribution in [0.4, 0.5) is 0 Å². The first-order valence-electron chi connectivity index (χ1n) is 8.06. The molecule has 0 spiro atoms. The highest BCUT2D eigenvalue weighted by atomic mass is 16.7. The summed E-state index contributed by atoms with van der Waals surface area (Å²) in [5, 5.41) is 6.60. The van der Waals surface area contributed by atoms with Crippen molar-refractivity contribution in [2.45, 2.75) is 38.7 Å². The van der Waals surface area contributed by atoms with Gasteiger partial charge < -0.3 is 9.57 Å². The molecular weight excluding hydrogens is 290 g/mol. The molecule has 1 aliphatic rings. The fraction of sp³-hybridized carbons (Fsp3) is 0.368. The zero-order valence-corrected chi connectivity index (χ0v) is 13.5. The third-order valence-corrected chi connectivity index (χ3v) is 4.33. The van der Waals surface area contributed by atoms with E-state index in [1.807, 2.05) is 25.1 Å². The normalized spacial score (nSPS) is 20.2. The van der Waals surface area contributed by atoms with E-state index in [2.05, 4.69) is 29.4 Å². The Bertz CT molecular complexity index is 748. The Morgan fingerprint density at radius 2 is 2.00 bits per heavy atom. The molecule has 1 aliphatic heterocycles. The number of hydrogen-bond donors (Lipinski definition) is 0. The van der Waals surface area contributed by atoms with Crippen molar-refractivity contribution >= 4 is 22.5 Å². The van der Waals surface area contributed by atoms with E-state index in [4.69, 9.17) is 9.57 Å². The summed E-state index contributed by atoms with van der Waals surface area (Å²) in [6, 6.07) is 14.5. The van der Waals surface area contributed by atoms with Crippen molar-refractivity contribution in [1.29, 1.82) is 0 Å². The van der Waals surface area contributed by atoms with Gasteiger partial charge in [0, 0.05) is 12.8 Å². The Kier molecular flexibility index (Phi) is 4.33. The highest BCUT2D eigenvalue weighted by molar-refractivity contribution is 5.97. The lowest BCUT2D eigenvalue weighted by Crippen LogP contribution is -2.40. The number of esters is 1. The van der Waals surface area contributed by atoms with Crippen molar-refractivity contribution in [1.82, 2.24) is 0 Å². The number of nitrogens with zero attached hydrogens (tertiary/aromatic N) is 1. The molecule has 0 aromatic heterocycles. The summed E-state index contributed by atoms with van der Waals surface area (Å²) in [6.07, 6.45) is 1.72. The number of ether oxygens (including phenoxy) is 1. The smallest absolute Gasteiger partial charge is 0.353 e. The number of benzene rings is 2. The minimum Gasteiger partial charge on any atom is -0.463 e. The van der Waals surface area contributed by atoms with Gasteiger partial charge in [-0.2, -0.15) is 0 Å². The topological polar surface area (TPSA) is 47.9 Å². The molecule has 0 saturated heterocycles. The maximum Gasteiger partial charge on any atom is 0.353 e. The minimum atomic E-state index is -0.948. The maximum absolute atomic E-state index is 12.2. The number of carbonyl (C=O) groups excluding carboxylic acids is 1. The molecule has 1 unspecified atom stereocenters. The molecule has 1 atom stereocenters. The second kappa shape index (κ2) is 6.41. The van der Waals surface area contributed by atoms with E-state index in [0.29, 0.717) is 25.9 Å². The van der Waals surface area contributed by atoms with Gasteiger partial charge in [0.2, 0.25) is 5.60 Å². The molecule has 0 N–H and O–H groups in total. The van der Waals surface area contributed by atoms with Crippen LogP contribution >= 0.6 is 0 Å². The predicted molar refractivity (Wildman–Crippen MR) is 90.4 cm³/mol. The monoisotopic (exact) mass is 311 g/mol. The molecule has 120 valence electrons. The second-order valence-corrected chi connectivity index (χ2v) is 5.81. The van der Waals surface area contributed by atoms with Crippen molar-refractivity contribution in [2.24, 2.45) is 5.16 Å². The van der Waals surface area contributed by atoms with Crippen LogP contribution in [-0.4, -0.2) is 23.9 Å². The van der Waals surface area contributed by atoms with Gasteiger partial charge in [0.25, 0.3) is 0 Å². The zero-order valence-electron chi connectivity index (χ0n) is 13.5. The first-order valence-corrected chi connectivity index (χ1v) is 8.06. The maximum atomic E-state index is 12.2. The molecule has 0 amide bonds. The van der Waals surface area contributed by atoms with E-state index >= 15 is 0 Å². The second-order valence-electron chi connectivity index (χ2n) is 5.81. The van der Waals surface area contributed by atoms with Gasteiger partial charge in [-0.15, -0.1) is 0 Å². The first kappa shape index (κ1) is 15.5. The molecule has 0 bridgehead atoms. The van der Waals surface area contributed by atoms with Crippen LogP contribution in [0.5, 0.6) is 0 Å². The fourth-order valence-corrected chi connectivity index (χ4v) is 3.01. The molecule has 1 heterocycles. The number of oxime groups is 1. The summed E-state index contributed by atoms with van der Waals surface area (Å²) in [5.41, 5.74) is 1.13. The van der Waals surface area contributed by atoms with Crippen molar-refractivity contribution in [3.8, 4) is 0 Å². The van der Waals surface area contributed by atoms with E-state index < -0.39 is 5.60 Å². The van der Waals surface area contributed by atoms with E-state index in [9.17, 15) is 4.79 Å². The molecule has 3 rings (SSSR count). The van der Waals surface area contributed by atoms with Crippen LogP contribution in [-0.2, 0) is 20.8 Å². The minimum absolute atomic E-state index is 0.320. The Morgan fingerprint density at radius 3 is 2.78 bits per heavy atom. The summed E-state index contributed by atoms with van der Waals surface area (Å²) in [5.74, 6) is -0.320.